The van der Waals surface area contributed by atoms with Crippen molar-refractivity contribution in [3.05, 3.63) is 17.5 Å². The number of nitrogens with zero attached hydrogens (tertiary/aromatic N) is 2. The van der Waals surface area contributed by atoms with Crippen LogP contribution in [0.2, 0.25) is 0 Å². The predicted octanol–water partition coefficient (Wildman–Crippen LogP) is 0.314. The van der Waals surface area contributed by atoms with Gasteiger partial charge in [0.05, 0.1) is 11.8 Å². The highest BCUT2D eigenvalue weighted by atomic mass is 16.1. The van der Waals surface area contributed by atoms with Crippen LogP contribution in [-0.2, 0) is 7.05 Å². The summed E-state index contributed by atoms with van der Waals surface area (Å²) in [5, 5.41) is 10.0. The quantitative estimate of drug-likeness (QED) is 0.757. The minimum atomic E-state index is -0.0476. The minimum absolute atomic E-state index is 0.0476. The van der Waals surface area contributed by atoms with Crippen molar-refractivity contribution in [2.24, 2.45) is 13.0 Å². The van der Waals surface area contributed by atoms with Crippen LogP contribution in [-0.4, -0.2) is 35.8 Å². The van der Waals surface area contributed by atoms with Gasteiger partial charge in [0.15, 0.2) is 0 Å². The number of carbonyl (C=O) groups excluding carboxylic acids is 1. The molecule has 16 heavy (non-hydrogen) atoms. The molecule has 1 amide bonds. The molecular weight excluding hydrogens is 204 g/mol. The second-order valence-corrected chi connectivity index (χ2v) is 4.14. The van der Waals surface area contributed by atoms with Crippen LogP contribution < -0.4 is 10.6 Å². The van der Waals surface area contributed by atoms with Crippen LogP contribution in [0.4, 0.5) is 0 Å². The topological polar surface area (TPSA) is 58.9 Å². The molecule has 0 bridgehead atoms. The Kier molecular flexibility index (Phi) is 4.49. The maximum atomic E-state index is 11.8. The Bertz CT molecular complexity index is 359. The van der Waals surface area contributed by atoms with E-state index in [0.29, 0.717) is 18.0 Å². The maximum absolute atomic E-state index is 11.8. The number of carbonyl (C=O) groups is 1. The number of aromatic nitrogens is 2. The van der Waals surface area contributed by atoms with Crippen molar-refractivity contribution in [1.82, 2.24) is 20.4 Å². The molecular formula is C11H20N4O. The first-order valence-electron chi connectivity index (χ1n) is 5.47. The average Bonchev–Trinajstić information content (AvgIpc) is 2.57. The lowest BCUT2D eigenvalue weighted by Crippen LogP contribution is -2.32. The van der Waals surface area contributed by atoms with Gasteiger partial charge in [-0.25, -0.2) is 0 Å². The molecule has 0 aromatic carbocycles. The van der Waals surface area contributed by atoms with Crippen LogP contribution in [0.25, 0.3) is 0 Å². The van der Waals surface area contributed by atoms with Crippen LogP contribution in [0.15, 0.2) is 6.20 Å². The maximum Gasteiger partial charge on any atom is 0.254 e. The molecule has 1 rings (SSSR count). The van der Waals surface area contributed by atoms with E-state index in [9.17, 15) is 4.79 Å². The van der Waals surface area contributed by atoms with Gasteiger partial charge in [0.1, 0.15) is 0 Å². The third kappa shape index (κ3) is 3.06. The van der Waals surface area contributed by atoms with Gasteiger partial charge in [-0.05, 0) is 26.4 Å². The highest BCUT2D eigenvalue weighted by molar-refractivity contribution is 5.94. The summed E-state index contributed by atoms with van der Waals surface area (Å²) in [4.78, 5) is 11.8. The lowest BCUT2D eigenvalue weighted by atomic mass is 10.1. The molecule has 1 unspecified atom stereocenters. The van der Waals surface area contributed by atoms with E-state index >= 15 is 0 Å². The van der Waals surface area contributed by atoms with Gasteiger partial charge in [-0.1, -0.05) is 6.92 Å². The number of hydrogen-bond donors (Lipinski definition) is 2. The lowest BCUT2D eigenvalue weighted by molar-refractivity contribution is 0.0947. The normalized spacial score (nSPS) is 12.5. The molecule has 2 N–H and O–H groups in total. The molecule has 0 saturated carbocycles. The fourth-order valence-electron chi connectivity index (χ4n) is 1.50. The van der Waals surface area contributed by atoms with Gasteiger partial charge >= 0.3 is 0 Å². The van der Waals surface area contributed by atoms with Crippen molar-refractivity contribution < 1.29 is 4.79 Å². The van der Waals surface area contributed by atoms with Crippen LogP contribution >= 0.6 is 0 Å². The summed E-state index contributed by atoms with van der Waals surface area (Å²) in [7, 11) is 3.74. The Morgan fingerprint density at radius 2 is 2.25 bits per heavy atom. The van der Waals surface area contributed by atoms with Gasteiger partial charge in [0.2, 0.25) is 0 Å². The third-order valence-corrected chi connectivity index (χ3v) is 2.64. The zero-order valence-corrected chi connectivity index (χ0v) is 10.4. The third-order valence-electron chi connectivity index (χ3n) is 2.64. The van der Waals surface area contributed by atoms with Crippen LogP contribution in [0.5, 0.6) is 0 Å². The average molecular weight is 224 g/mol. The van der Waals surface area contributed by atoms with Crippen LogP contribution in [0.1, 0.15) is 23.0 Å². The molecule has 1 heterocycles. The van der Waals surface area contributed by atoms with Crippen LogP contribution in [0.3, 0.4) is 0 Å². The summed E-state index contributed by atoms with van der Waals surface area (Å²) in [5.41, 5.74) is 1.54. The molecule has 1 aromatic rings. The largest absolute Gasteiger partial charge is 0.352 e. The van der Waals surface area contributed by atoms with Gasteiger partial charge in [-0.2, -0.15) is 5.10 Å². The molecule has 5 heteroatoms. The van der Waals surface area contributed by atoms with E-state index in [4.69, 9.17) is 0 Å². The summed E-state index contributed by atoms with van der Waals surface area (Å²) in [6.07, 6.45) is 1.60. The van der Waals surface area contributed by atoms with Crippen molar-refractivity contribution in [2.75, 3.05) is 20.1 Å². The summed E-state index contributed by atoms with van der Waals surface area (Å²) in [6.45, 7) is 5.55. The zero-order valence-electron chi connectivity index (χ0n) is 10.4. The van der Waals surface area contributed by atoms with Crippen molar-refractivity contribution in [3.63, 3.8) is 0 Å². The minimum Gasteiger partial charge on any atom is -0.352 e. The van der Waals surface area contributed by atoms with E-state index in [2.05, 4.69) is 22.7 Å². The smallest absolute Gasteiger partial charge is 0.254 e. The van der Waals surface area contributed by atoms with E-state index in [1.165, 1.54) is 0 Å². The summed E-state index contributed by atoms with van der Waals surface area (Å²) < 4.78 is 1.70. The molecule has 0 aliphatic heterocycles. The highest BCUT2D eigenvalue weighted by Crippen LogP contribution is 2.05. The summed E-state index contributed by atoms with van der Waals surface area (Å²) in [5.74, 6) is 0.375. The second kappa shape index (κ2) is 5.65. The van der Waals surface area contributed by atoms with Crippen LogP contribution in [0, 0.1) is 12.8 Å². The first-order chi connectivity index (χ1) is 7.56. The number of hydrogen-bond acceptors (Lipinski definition) is 3. The Hall–Kier alpha value is -1.36. The molecule has 0 spiro atoms. The Morgan fingerprint density at radius 3 is 2.75 bits per heavy atom. The van der Waals surface area contributed by atoms with Gasteiger partial charge in [0.25, 0.3) is 5.91 Å². The highest BCUT2D eigenvalue weighted by Gasteiger charge is 2.12. The molecule has 1 aromatic heterocycles. The van der Waals surface area contributed by atoms with E-state index < -0.39 is 0 Å². The van der Waals surface area contributed by atoms with E-state index in [0.717, 1.165) is 12.2 Å². The zero-order chi connectivity index (χ0) is 12.1. The van der Waals surface area contributed by atoms with Gasteiger partial charge in [-0.3, -0.25) is 9.48 Å². The Morgan fingerprint density at radius 1 is 1.56 bits per heavy atom. The number of rotatable bonds is 5. The van der Waals surface area contributed by atoms with Gasteiger partial charge in [-0.15, -0.1) is 0 Å². The van der Waals surface area contributed by atoms with E-state index in [1.807, 2.05) is 21.0 Å². The SMILES string of the molecule is CNCC(C)CNC(=O)c1cnn(C)c1C. The molecule has 5 nitrogen and oxygen atoms in total. The standard InChI is InChI=1S/C11H20N4O/c1-8(5-12-3)6-13-11(16)10-7-14-15(4)9(10)2/h7-8,12H,5-6H2,1-4H3,(H,13,16). The second-order valence-electron chi connectivity index (χ2n) is 4.14. The van der Waals surface area contributed by atoms with Gasteiger partial charge in [0, 0.05) is 19.3 Å². The van der Waals surface area contributed by atoms with Gasteiger partial charge < -0.3 is 10.6 Å². The fraction of sp³-hybridized carbons (Fsp3) is 0.636. The predicted molar refractivity (Wildman–Crippen MR) is 63.4 cm³/mol. The molecule has 1 atom stereocenters. The molecule has 0 aliphatic rings. The first-order valence-corrected chi connectivity index (χ1v) is 5.47. The number of aryl methyl sites for hydroxylation is 1. The lowest BCUT2D eigenvalue weighted by Gasteiger charge is -2.11. The Labute approximate surface area is 96.2 Å². The Balaban J connectivity index is 2.50. The first kappa shape index (κ1) is 12.7. The summed E-state index contributed by atoms with van der Waals surface area (Å²) >= 11 is 0. The molecule has 0 radical (unpaired) electrons. The number of nitrogens with one attached hydrogen (secondary N) is 2. The molecule has 0 fully saturated rings. The van der Waals surface area contributed by atoms with Crippen molar-refractivity contribution in [1.29, 1.82) is 0 Å². The van der Waals surface area contributed by atoms with Crippen molar-refractivity contribution >= 4 is 5.91 Å². The number of amides is 1. The van der Waals surface area contributed by atoms with E-state index in [-0.39, 0.29) is 5.91 Å². The molecule has 90 valence electrons. The molecule has 0 aliphatic carbocycles. The van der Waals surface area contributed by atoms with Crippen molar-refractivity contribution in [2.45, 2.75) is 13.8 Å². The monoisotopic (exact) mass is 224 g/mol. The van der Waals surface area contributed by atoms with Crippen molar-refractivity contribution in [3.8, 4) is 0 Å². The molecule has 0 saturated heterocycles. The van der Waals surface area contributed by atoms with E-state index in [1.54, 1.807) is 10.9 Å². The fourth-order valence-corrected chi connectivity index (χ4v) is 1.50. The summed E-state index contributed by atoms with van der Waals surface area (Å²) in [6, 6.07) is 0.